The lowest BCUT2D eigenvalue weighted by molar-refractivity contribution is -0.132. The molecule has 0 spiro atoms. The van der Waals surface area contributed by atoms with Gasteiger partial charge in [-0.15, -0.1) is 0 Å². The minimum atomic E-state index is -0.791. The van der Waals surface area contributed by atoms with Crippen molar-refractivity contribution in [2.24, 2.45) is 0 Å². The lowest BCUT2D eigenvalue weighted by Crippen LogP contribution is -2.42. The molecule has 32 heavy (non-hydrogen) atoms. The van der Waals surface area contributed by atoms with Gasteiger partial charge in [0.25, 0.3) is 5.91 Å². The summed E-state index contributed by atoms with van der Waals surface area (Å²) in [5, 5.41) is 12.9. The van der Waals surface area contributed by atoms with Crippen molar-refractivity contribution in [1.29, 1.82) is 0 Å². The van der Waals surface area contributed by atoms with E-state index in [1.54, 1.807) is 47.4 Å². The number of aliphatic hydroxyl groups is 1. The third-order valence-electron chi connectivity index (χ3n) is 5.45. The SMILES string of the molecule is Cc1ccc(C=CC(=O)N2C[C@H](O)C[C@@H]2C(=O)Nc2ccc(N3CCOCC3=O)cc2)o1. The summed E-state index contributed by atoms with van der Waals surface area (Å²) in [4.78, 5) is 40.5. The molecule has 9 nitrogen and oxygen atoms in total. The van der Waals surface area contributed by atoms with Crippen LogP contribution in [0.4, 0.5) is 11.4 Å². The van der Waals surface area contributed by atoms with Gasteiger partial charge in [0.05, 0.1) is 12.7 Å². The number of furan rings is 1. The number of anilines is 2. The summed E-state index contributed by atoms with van der Waals surface area (Å²) in [5.74, 6) is 0.398. The zero-order valence-electron chi connectivity index (χ0n) is 17.7. The van der Waals surface area contributed by atoms with Gasteiger partial charge in [0.15, 0.2) is 0 Å². The molecule has 2 atom stereocenters. The van der Waals surface area contributed by atoms with Gasteiger partial charge in [0, 0.05) is 37.0 Å². The number of carbonyl (C=O) groups excluding carboxylic acids is 3. The molecule has 2 N–H and O–H groups in total. The van der Waals surface area contributed by atoms with Crippen molar-refractivity contribution in [3.05, 3.63) is 54.0 Å². The number of morpholine rings is 1. The summed E-state index contributed by atoms with van der Waals surface area (Å²) in [5.41, 5.74) is 1.26. The van der Waals surface area contributed by atoms with E-state index < -0.39 is 12.1 Å². The Morgan fingerprint density at radius 1 is 1.19 bits per heavy atom. The number of carbonyl (C=O) groups is 3. The maximum Gasteiger partial charge on any atom is 0.253 e. The number of amides is 3. The summed E-state index contributed by atoms with van der Waals surface area (Å²) in [6.45, 7) is 2.90. The Hall–Kier alpha value is -3.43. The molecule has 2 saturated heterocycles. The van der Waals surface area contributed by atoms with Crippen LogP contribution in [0.3, 0.4) is 0 Å². The van der Waals surface area contributed by atoms with Gasteiger partial charge >= 0.3 is 0 Å². The Labute approximate surface area is 185 Å². The van der Waals surface area contributed by atoms with E-state index in [0.717, 1.165) is 11.4 Å². The number of ether oxygens (including phenoxy) is 1. The molecule has 168 valence electrons. The third kappa shape index (κ3) is 4.90. The third-order valence-corrected chi connectivity index (χ3v) is 5.45. The molecule has 4 rings (SSSR count). The van der Waals surface area contributed by atoms with Crippen LogP contribution in [0.1, 0.15) is 17.9 Å². The quantitative estimate of drug-likeness (QED) is 0.684. The van der Waals surface area contributed by atoms with E-state index in [-0.39, 0.29) is 37.3 Å². The van der Waals surface area contributed by atoms with E-state index >= 15 is 0 Å². The Balaban J connectivity index is 1.40. The van der Waals surface area contributed by atoms with Crippen molar-refractivity contribution >= 4 is 35.2 Å². The molecule has 0 unspecified atom stereocenters. The van der Waals surface area contributed by atoms with Crippen molar-refractivity contribution in [3.8, 4) is 0 Å². The van der Waals surface area contributed by atoms with Gasteiger partial charge in [0.1, 0.15) is 24.2 Å². The van der Waals surface area contributed by atoms with E-state index in [4.69, 9.17) is 9.15 Å². The van der Waals surface area contributed by atoms with Gasteiger partial charge < -0.3 is 29.4 Å². The largest absolute Gasteiger partial charge is 0.462 e. The van der Waals surface area contributed by atoms with Gasteiger partial charge in [-0.25, -0.2) is 0 Å². The van der Waals surface area contributed by atoms with Crippen LogP contribution in [-0.4, -0.2) is 66.2 Å². The topological polar surface area (TPSA) is 112 Å². The Morgan fingerprint density at radius 2 is 1.97 bits per heavy atom. The lowest BCUT2D eigenvalue weighted by atomic mass is 10.1. The van der Waals surface area contributed by atoms with Gasteiger partial charge in [-0.1, -0.05) is 0 Å². The highest BCUT2D eigenvalue weighted by Crippen LogP contribution is 2.23. The summed E-state index contributed by atoms with van der Waals surface area (Å²) in [6.07, 6.45) is 2.26. The molecule has 0 radical (unpaired) electrons. The highest BCUT2D eigenvalue weighted by molar-refractivity contribution is 6.01. The van der Waals surface area contributed by atoms with Crippen LogP contribution >= 0.6 is 0 Å². The Kier molecular flexibility index (Phi) is 6.38. The molecule has 2 aliphatic rings. The first kappa shape index (κ1) is 21.8. The molecule has 0 bridgehead atoms. The number of rotatable bonds is 5. The molecule has 0 saturated carbocycles. The second-order valence-electron chi connectivity index (χ2n) is 7.81. The molecule has 9 heteroatoms. The standard InChI is InChI=1S/C23H25N3O6/c1-15-2-7-19(32-15)8-9-21(28)26-13-18(27)12-20(26)23(30)24-16-3-5-17(6-4-16)25-10-11-31-14-22(25)29/h2-9,18,20,27H,10-14H2,1H3,(H,24,30)/t18-,20-/m1/s1. The second-order valence-corrected chi connectivity index (χ2v) is 7.81. The van der Waals surface area contributed by atoms with Crippen molar-refractivity contribution in [2.75, 3.05) is 36.5 Å². The summed E-state index contributed by atoms with van der Waals surface area (Å²) < 4.78 is 10.6. The monoisotopic (exact) mass is 439 g/mol. The number of aryl methyl sites for hydroxylation is 1. The fraction of sp³-hybridized carbons (Fsp3) is 0.348. The average Bonchev–Trinajstić information content (AvgIpc) is 3.38. The first-order valence-electron chi connectivity index (χ1n) is 10.4. The minimum Gasteiger partial charge on any atom is -0.462 e. The summed E-state index contributed by atoms with van der Waals surface area (Å²) in [7, 11) is 0. The number of aliphatic hydroxyl groups excluding tert-OH is 1. The van der Waals surface area contributed by atoms with E-state index in [1.807, 2.05) is 6.92 Å². The number of hydrogen-bond acceptors (Lipinski definition) is 6. The lowest BCUT2D eigenvalue weighted by Gasteiger charge is -2.27. The van der Waals surface area contributed by atoms with Crippen LogP contribution in [-0.2, 0) is 19.1 Å². The van der Waals surface area contributed by atoms with Crippen LogP contribution < -0.4 is 10.2 Å². The fourth-order valence-corrected chi connectivity index (χ4v) is 3.84. The molecule has 2 fully saturated rings. The zero-order valence-corrected chi connectivity index (χ0v) is 17.7. The van der Waals surface area contributed by atoms with E-state index in [2.05, 4.69) is 5.32 Å². The van der Waals surface area contributed by atoms with Crippen molar-refractivity contribution in [3.63, 3.8) is 0 Å². The molecule has 1 aromatic heterocycles. The number of nitrogens with one attached hydrogen (secondary N) is 1. The predicted molar refractivity (Wildman–Crippen MR) is 117 cm³/mol. The van der Waals surface area contributed by atoms with Crippen molar-refractivity contribution < 1.29 is 28.6 Å². The number of hydrogen-bond donors (Lipinski definition) is 2. The maximum absolute atomic E-state index is 12.9. The Morgan fingerprint density at radius 3 is 2.66 bits per heavy atom. The van der Waals surface area contributed by atoms with E-state index in [1.165, 1.54) is 11.0 Å². The molecule has 3 heterocycles. The second kappa shape index (κ2) is 9.37. The number of benzene rings is 1. The number of β-amino-alcohol motifs (C(OH)–C–C–N with tert-alkyl or cyclic N) is 1. The molecule has 3 amide bonds. The normalized spacial score (nSPS) is 21.4. The van der Waals surface area contributed by atoms with Crippen molar-refractivity contribution in [2.45, 2.75) is 25.5 Å². The van der Waals surface area contributed by atoms with Gasteiger partial charge in [-0.3, -0.25) is 14.4 Å². The van der Waals surface area contributed by atoms with Gasteiger partial charge in [-0.05, 0) is 49.4 Å². The van der Waals surface area contributed by atoms with E-state index in [0.29, 0.717) is 24.6 Å². The number of likely N-dealkylation sites (tertiary alicyclic amines) is 1. The van der Waals surface area contributed by atoms with E-state index in [9.17, 15) is 19.5 Å². The average molecular weight is 439 g/mol. The number of nitrogens with zero attached hydrogens (tertiary/aromatic N) is 2. The zero-order chi connectivity index (χ0) is 22.7. The molecule has 1 aromatic carbocycles. The van der Waals surface area contributed by atoms with Crippen LogP contribution in [0.25, 0.3) is 6.08 Å². The van der Waals surface area contributed by atoms with Crippen LogP contribution in [0.2, 0.25) is 0 Å². The molecule has 2 aromatic rings. The Bertz CT molecular complexity index is 1030. The first-order chi connectivity index (χ1) is 15.4. The maximum atomic E-state index is 12.9. The van der Waals surface area contributed by atoms with Gasteiger partial charge in [-0.2, -0.15) is 0 Å². The molecule has 0 aliphatic carbocycles. The van der Waals surface area contributed by atoms with Crippen molar-refractivity contribution in [1.82, 2.24) is 4.90 Å². The molecular weight excluding hydrogens is 414 g/mol. The van der Waals surface area contributed by atoms with Crippen LogP contribution in [0.5, 0.6) is 0 Å². The first-order valence-corrected chi connectivity index (χ1v) is 10.4. The highest BCUT2D eigenvalue weighted by Gasteiger charge is 2.38. The molecular formula is C23H25N3O6. The summed E-state index contributed by atoms with van der Waals surface area (Å²) >= 11 is 0. The fourth-order valence-electron chi connectivity index (χ4n) is 3.84. The van der Waals surface area contributed by atoms with Crippen LogP contribution in [0.15, 0.2) is 46.9 Å². The smallest absolute Gasteiger partial charge is 0.253 e. The minimum absolute atomic E-state index is 0.0559. The molecule has 2 aliphatic heterocycles. The summed E-state index contributed by atoms with van der Waals surface area (Å²) in [6, 6.07) is 9.65. The van der Waals surface area contributed by atoms with Crippen LogP contribution in [0, 0.1) is 6.92 Å². The van der Waals surface area contributed by atoms with Gasteiger partial charge in [0.2, 0.25) is 11.8 Å². The predicted octanol–water partition coefficient (Wildman–Crippen LogP) is 1.56. The highest BCUT2D eigenvalue weighted by atomic mass is 16.5.